The minimum absolute atomic E-state index is 0.254. The van der Waals surface area contributed by atoms with Gasteiger partial charge in [-0.15, -0.1) is 0 Å². The fraction of sp³-hybridized carbons (Fsp3) is 0. The number of rotatable bonds is 2. The molecule has 0 saturated carbocycles. The number of benzene rings is 9. The van der Waals surface area contributed by atoms with E-state index >= 15 is 0 Å². The molecule has 9 aromatic rings. The molecule has 0 nitrogen and oxygen atoms in total. The van der Waals surface area contributed by atoms with Crippen molar-refractivity contribution in [3.05, 3.63) is 157 Å². The van der Waals surface area contributed by atoms with Crippen LogP contribution in [0.3, 0.4) is 0 Å². The van der Waals surface area contributed by atoms with Gasteiger partial charge in [0.25, 0.3) is 0 Å². The van der Waals surface area contributed by atoms with Crippen LogP contribution in [0.15, 0.2) is 157 Å². The summed E-state index contributed by atoms with van der Waals surface area (Å²) in [6, 6.07) is -20.3. The van der Waals surface area contributed by atoms with Crippen LogP contribution in [0.1, 0.15) is 34.3 Å². The molecule has 0 aliphatic carbocycles. The molecule has 0 heteroatoms. The first-order chi connectivity index (χ1) is 31.3. The Morgan fingerprint density at radius 2 is 0.810 bits per heavy atom. The van der Waals surface area contributed by atoms with Crippen LogP contribution >= 0.6 is 0 Å². The van der Waals surface area contributed by atoms with Crippen LogP contribution in [0.2, 0.25) is 0 Å². The van der Waals surface area contributed by atoms with Crippen LogP contribution in [-0.2, 0) is 0 Å². The van der Waals surface area contributed by atoms with Crippen molar-refractivity contribution in [2.45, 2.75) is 0 Å². The summed E-state index contributed by atoms with van der Waals surface area (Å²) in [6.45, 7) is 0. The van der Waals surface area contributed by atoms with E-state index in [0.717, 1.165) is 6.07 Å². The molecule has 0 spiro atoms. The summed E-state index contributed by atoms with van der Waals surface area (Å²) < 4.78 is 225. The van der Waals surface area contributed by atoms with Gasteiger partial charge < -0.3 is 0 Å². The van der Waals surface area contributed by atoms with Crippen LogP contribution in [0.25, 0.3) is 86.9 Å². The van der Waals surface area contributed by atoms with Crippen molar-refractivity contribution in [2.75, 3.05) is 0 Å². The van der Waals surface area contributed by atoms with Crippen molar-refractivity contribution in [3.63, 3.8) is 0 Å². The average Bonchev–Trinajstić information content (AvgIpc) is 3.29. The fourth-order valence-corrected chi connectivity index (χ4v) is 5.38. The van der Waals surface area contributed by atoms with Gasteiger partial charge in [0, 0.05) is 0 Å². The van der Waals surface area contributed by atoms with Crippen LogP contribution in [0.5, 0.6) is 0 Å². The SMILES string of the molecule is [2H]c1cc2c(c([2H])c1[2H])c([2H])c([2H])c1c([2H])c([2H])c(-c3c4c([2H])c([2H])c([2H])c([2H])c4c(-c4c([2H])c5c([2H])c([2H])c([2H])c([2H])c5c5c([2H])c([2H])c([2H])c([2H])c45)c4c([2H])c([2H])c([2H])c([2H])c34)c([2H])c12. The summed E-state index contributed by atoms with van der Waals surface area (Å²) in [5.74, 6) is 0. The first kappa shape index (κ1) is 9.54. The van der Waals surface area contributed by atoms with E-state index in [0.29, 0.717) is 0 Å². The van der Waals surface area contributed by atoms with Gasteiger partial charge in [-0.2, -0.15) is 0 Å². The number of fused-ring (bicyclic) bond motifs is 8. The molecule has 0 aromatic heterocycles. The normalized spacial score (nSPS) is 20.1. The lowest BCUT2D eigenvalue weighted by atomic mass is 9.83. The summed E-state index contributed by atoms with van der Waals surface area (Å²) in [5.41, 5.74) is -2.75. The van der Waals surface area contributed by atoms with Gasteiger partial charge in [-0.25, -0.2) is 0 Å². The zero-order valence-corrected chi connectivity index (χ0v) is 21.1. The monoisotopic (exact) mass is 555 g/mol. The highest BCUT2D eigenvalue weighted by Gasteiger charge is 2.19. The van der Waals surface area contributed by atoms with E-state index < -0.39 is 227 Å². The van der Waals surface area contributed by atoms with Gasteiger partial charge in [0.15, 0.2) is 0 Å². The van der Waals surface area contributed by atoms with Crippen LogP contribution < -0.4 is 0 Å². The Hall–Kier alpha value is -5.46. The van der Waals surface area contributed by atoms with E-state index in [1.807, 2.05) is 0 Å². The van der Waals surface area contributed by atoms with Crippen LogP contribution in [0.4, 0.5) is 0 Å². The first-order valence-corrected chi connectivity index (χ1v) is 12.6. The number of hydrogen-bond donors (Lipinski definition) is 0. The summed E-state index contributed by atoms with van der Waals surface area (Å²) in [4.78, 5) is 0. The van der Waals surface area contributed by atoms with E-state index in [-0.39, 0.29) is 10.8 Å². The third kappa shape index (κ3) is 3.36. The molecule has 9 aromatic carbocycles. The third-order valence-corrected chi connectivity index (χ3v) is 7.14. The maximum absolute atomic E-state index is 9.79. The van der Waals surface area contributed by atoms with Crippen molar-refractivity contribution in [3.8, 4) is 22.3 Å². The smallest absolute Gasteiger partial charge is 0.0616 e. The van der Waals surface area contributed by atoms with Gasteiger partial charge >= 0.3 is 0 Å². The topological polar surface area (TPSA) is 0 Å². The van der Waals surface area contributed by atoms with Gasteiger partial charge in [-0.05, 0) is 99.0 Å². The molecule has 0 heterocycles. The second kappa shape index (κ2) is 9.03. The molecule has 0 bridgehead atoms. The van der Waals surface area contributed by atoms with E-state index in [9.17, 15) is 12.3 Å². The van der Waals surface area contributed by atoms with Gasteiger partial charge in [0.1, 0.15) is 0 Å². The average molecular weight is 556 g/mol. The summed E-state index contributed by atoms with van der Waals surface area (Å²) in [7, 11) is 0. The predicted molar refractivity (Wildman–Crippen MR) is 182 cm³/mol. The molecule has 0 atom stereocenters. The van der Waals surface area contributed by atoms with Crippen molar-refractivity contribution >= 4 is 64.6 Å². The highest BCUT2D eigenvalue weighted by molar-refractivity contribution is 6.26. The van der Waals surface area contributed by atoms with Crippen LogP contribution in [0, 0.1) is 0 Å². The van der Waals surface area contributed by atoms with E-state index in [1.165, 1.54) is 0 Å². The van der Waals surface area contributed by atoms with Crippen LogP contribution in [-0.4, -0.2) is 0 Å². The third-order valence-electron chi connectivity index (χ3n) is 7.14. The maximum atomic E-state index is 9.79. The Balaban J connectivity index is 1.70. The maximum Gasteiger partial charge on any atom is 0.0636 e. The Kier molecular flexibility index (Phi) is 2.05. The molecule has 42 heavy (non-hydrogen) atoms. The molecule has 0 fully saturated rings. The standard InChI is InChI=1S/C42H26/c1-3-13-31-27(11-1)21-22-28-23-24-30(26-39(28)31)41-35-17-7-9-19-37(35)42(38-20-10-8-18-36(38)41)40-25-29-12-2-4-14-32(29)33-15-5-6-16-34(33)40/h1-26H/i1D,2D,3D,4D,5D,6D,7D,8D,9D,10D,11D,12D,14D,15D,16D,17D,18D,19D,20D,21D,22D,23D,24D,25D,26D. The molecule has 0 aliphatic heterocycles. The molecule has 0 radical (unpaired) electrons. The molecule has 0 unspecified atom stereocenters. The Morgan fingerprint density at radius 1 is 0.310 bits per heavy atom. The lowest BCUT2D eigenvalue weighted by Crippen LogP contribution is -1.92. The quantitative estimate of drug-likeness (QED) is 0.147. The molecule has 0 aliphatic rings. The summed E-state index contributed by atoms with van der Waals surface area (Å²) in [6.07, 6.45) is 0. The first-order valence-electron chi connectivity index (χ1n) is 25.1. The second-order valence-electron chi connectivity index (χ2n) is 9.33. The Morgan fingerprint density at radius 3 is 1.52 bits per heavy atom. The Labute approximate surface area is 279 Å². The van der Waals surface area contributed by atoms with E-state index in [4.69, 9.17) is 21.9 Å². The van der Waals surface area contributed by atoms with E-state index in [1.54, 1.807) is 0 Å². The molecule has 0 N–H and O–H groups in total. The van der Waals surface area contributed by atoms with E-state index in [2.05, 4.69) is 0 Å². The van der Waals surface area contributed by atoms with Crippen molar-refractivity contribution < 1.29 is 34.3 Å². The second-order valence-corrected chi connectivity index (χ2v) is 9.33. The molecule has 0 amide bonds. The zero-order valence-electron chi connectivity index (χ0n) is 46.1. The Bertz CT molecular complexity index is 3830. The van der Waals surface area contributed by atoms with Crippen molar-refractivity contribution in [1.82, 2.24) is 0 Å². The predicted octanol–water partition coefficient (Wildman–Crippen LogP) is 11.9. The fourth-order valence-electron chi connectivity index (χ4n) is 5.38. The molecular weight excluding hydrogens is 504 g/mol. The molecule has 194 valence electrons. The van der Waals surface area contributed by atoms with Crippen molar-refractivity contribution in [2.24, 2.45) is 0 Å². The lowest BCUT2D eigenvalue weighted by Gasteiger charge is -2.20. The summed E-state index contributed by atoms with van der Waals surface area (Å²) in [5, 5.41) is -6.63. The van der Waals surface area contributed by atoms with Gasteiger partial charge in [-0.3, -0.25) is 0 Å². The van der Waals surface area contributed by atoms with Gasteiger partial charge in [0.2, 0.25) is 0 Å². The summed E-state index contributed by atoms with van der Waals surface area (Å²) >= 11 is 0. The molecule has 0 saturated heterocycles. The minimum atomic E-state index is -0.966. The zero-order chi connectivity index (χ0) is 49.4. The van der Waals surface area contributed by atoms with Crippen molar-refractivity contribution in [1.29, 1.82) is 0 Å². The highest BCUT2D eigenvalue weighted by atomic mass is 14.2. The largest absolute Gasteiger partial charge is 0.0636 e. The molecule has 9 rings (SSSR count). The van der Waals surface area contributed by atoms with Gasteiger partial charge in [-0.1, -0.05) is 145 Å². The molecular formula is C42H26. The minimum Gasteiger partial charge on any atom is -0.0616 e. The highest BCUT2D eigenvalue weighted by Crippen LogP contribution is 2.47. The lowest BCUT2D eigenvalue weighted by molar-refractivity contribution is 1.69. The van der Waals surface area contributed by atoms with Gasteiger partial charge in [0.05, 0.1) is 34.3 Å². The number of hydrogen-bond acceptors (Lipinski definition) is 0.